The van der Waals surface area contributed by atoms with E-state index in [1.807, 2.05) is 0 Å². The van der Waals surface area contributed by atoms with Crippen molar-refractivity contribution < 1.29 is 57.1 Å². The van der Waals surface area contributed by atoms with E-state index in [1.165, 1.54) is 0 Å². The second-order valence-corrected chi connectivity index (χ2v) is 5.23. The summed E-state index contributed by atoms with van der Waals surface area (Å²) in [7, 11) is 0. The lowest BCUT2D eigenvalue weighted by molar-refractivity contribution is -0.439. The maximum atomic E-state index is 13.0. The van der Waals surface area contributed by atoms with Crippen LogP contribution in [0.4, 0.5) is 57.1 Å². The molecule has 0 aromatic rings. The Morgan fingerprint density at radius 3 is 1.22 bits per heavy atom. The molecule has 23 heavy (non-hydrogen) atoms. The highest BCUT2D eigenvalue weighted by Crippen LogP contribution is 2.60. The highest BCUT2D eigenvalue weighted by atomic mass is 32.2. The van der Waals surface area contributed by atoms with Crippen molar-refractivity contribution in [1.82, 2.24) is 0 Å². The summed E-state index contributed by atoms with van der Waals surface area (Å²) in [5.74, 6) is -37.2. The van der Waals surface area contributed by atoms with E-state index in [2.05, 4.69) is 0 Å². The highest BCUT2D eigenvalue weighted by Gasteiger charge is 2.90. The van der Waals surface area contributed by atoms with E-state index < -0.39 is 48.0 Å². The summed E-state index contributed by atoms with van der Waals surface area (Å²) >= 11 is 0.399. The van der Waals surface area contributed by atoms with E-state index in [-0.39, 0.29) is 0 Å². The van der Waals surface area contributed by atoms with Crippen LogP contribution in [0.3, 0.4) is 0 Å². The second kappa shape index (κ2) is 6.06. The molecule has 0 rings (SSSR count). The molecule has 140 valence electrons. The lowest BCUT2D eigenvalue weighted by atomic mass is 9.93. The first-order valence-corrected chi connectivity index (χ1v) is 6.65. The summed E-state index contributed by atoms with van der Waals surface area (Å²) in [6, 6.07) is 0. The molecule has 0 saturated carbocycles. The van der Waals surface area contributed by atoms with Gasteiger partial charge in [0.25, 0.3) is 0 Å². The Morgan fingerprint density at radius 2 is 0.913 bits per heavy atom. The summed E-state index contributed by atoms with van der Waals surface area (Å²) < 4.78 is 164. The van der Waals surface area contributed by atoms with Gasteiger partial charge in [0.1, 0.15) is 0 Å². The van der Waals surface area contributed by atoms with E-state index in [4.69, 9.17) is 0 Å². The van der Waals surface area contributed by atoms with Gasteiger partial charge in [0.15, 0.2) is 0 Å². The Balaban J connectivity index is 6.03. The number of hydrogen-bond donors (Lipinski definition) is 0. The topological polar surface area (TPSA) is 0 Å². The SMILES string of the molecule is CSCCC(F)(F)C(F)(F)C(F)(F)C(F)(F)C(F)(F)C(F)(F)F. The molecule has 0 aliphatic rings. The lowest BCUT2D eigenvalue weighted by Gasteiger charge is -2.39. The Morgan fingerprint density at radius 1 is 0.565 bits per heavy atom. The normalized spacial score (nSPS) is 15.9. The van der Waals surface area contributed by atoms with Gasteiger partial charge in [-0.15, -0.1) is 0 Å². The Kier molecular flexibility index (Phi) is 5.91. The van der Waals surface area contributed by atoms with Crippen LogP contribution in [0.15, 0.2) is 0 Å². The van der Waals surface area contributed by atoms with Gasteiger partial charge in [-0.2, -0.15) is 68.8 Å². The average molecular weight is 394 g/mol. The molecule has 0 aliphatic heterocycles. The Hall–Kier alpha value is -0.560. The van der Waals surface area contributed by atoms with E-state index >= 15 is 0 Å². The predicted molar refractivity (Wildman–Crippen MR) is 53.8 cm³/mol. The van der Waals surface area contributed by atoms with E-state index in [9.17, 15) is 57.1 Å². The van der Waals surface area contributed by atoms with Gasteiger partial charge >= 0.3 is 35.8 Å². The molecule has 0 radical (unpaired) electrons. The van der Waals surface area contributed by atoms with Crippen molar-refractivity contribution in [1.29, 1.82) is 0 Å². The second-order valence-electron chi connectivity index (χ2n) is 4.24. The monoisotopic (exact) mass is 394 g/mol. The van der Waals surface area contributed by atoms with Crippen LogP contribution in [-0.4, -0.2) is 47.8 Å². The number of rotatable bonds is 7. The zero-order valence-electron chi connectivity index (χ0n) is 10.7. The van der Waals surface area contributed by atoms with E-state index in [1.54, 1.807) is 0 Å². The number of thioether (sulfide) groups is 1. The molecule has 0 heterocycles. The van der Waals surface area contributed by atoms with Crippen LogP contribution in [0.2, 0.25) is 0 Å². The molecule has 0 aromatic heterocycles. The number of hydrogen-bond acceptors (Lipinski definition) is 1. The van der Waals surface area contributed by atoms with Crippen LogP contribution < -0.4 is 0 Å². The maximum absolute atomic E-state index is 13.0. The van der Waals surface area contributed by atoms with Gasteiger partial charge in [0.2, 0.25) is 0 Å². The molecule has 0 fully saturated rings. The third-order valence-electron chi connectivity index (χ3n) is 2.62. The van der Waals surface area contributed by atoms with Crippen LogP contribution in [0, 0.1) is 0 Å². The molecule has 0 N–H and O–H groups in total. The van der Waals surface area contributed by atoms with Crippen molar-refractivity contribution in [3.63, 3.8) is 0 Å². The molecule has 0 amide bonds. The van der Waals surface area contributed by atoms with Crippen molar-refractivity contribution in [3.8, 4) is 0 Å². The summed E-state index contributed by atoms with van der Waals surface area (Å²) in [6.45, 7) is 0. The third-order valence-corrected chi connectivity index (χ3v) is 3.23. The lowest BCUT2D eigenvalue weighted by Crippen LogP contribution is -2.70. The predicted octanol–water partition coefficient (Wildman–Crippen LogP) is 5.48. The van der Waals surface area contributed by atoms with Gasteiger partial charge in [-0.1, -0.05) is 0 Å². The molecule has 0 nitrogen and oxygen atoms in total. The minimum atomic E-state index is -7.81. The van der Waals surface area contributed by atoms with Crippen molar-refractivity contribution in [2.45, 2.75) is 42.2 Å². The van der Waals surface area contributed by atoms with Crippen LogP contribution >= 0.6 is 11.8 Å². The molecule has 0 atom stereocenters. The van der Waals surface area contributed by atoms with Gasteiger partial charge in [-0.05, 0) is 12.0 Å². The van der Waals surface area contributed by atoms with Crippen molar-refractivity contribution in [3.05, 3.63) is 0 Å². The third kappa shape index (κ3) is 3.31. The summed E-state index contributed by atoms with van der Waals surface area (Å²) in [6.07, 6.45) is -8.48. The van der Waals surface area contributed by atoms with Crippen LogP contribution in [0.5, 0.6) is 0 Å². The van der Waals surface area contributed by atoms with Gasteiger partial charge in [0.05, 0.1) is 0 Å². The van der Waals surface area contributed by atoms with Gasteiger partial charge in [0, 0.05) is 6.42 Å². The molecular weight excluding hydrogens is 387 g/mol. The first-order valence-electron chi connectivity index (χ1n) is 5.26. The zero-order valence-corrected chi connectivity index (χ0v) is 11.6. The highest BCUT2D eigenvalue weighted by molar-refractivity contribution is 7.98. The van der Waals surface area contributed by atoms with Gasteiger partial charge in [-0.3, -0.25) is 0 Å². The van der Waals surface area contributed by atoms with E-state index in [0.29, 0.717) is 11.8 Å². The van der Waals surface area contributed by atoms with Crippen molar-refractivity contribution in [2.75, 3.05) is 12.0 Å². The number of alkyl halides is 13. The fraction of sp³-hybridized carbons (Fsp3) is 1.00. The van der Waals surface area contributed by atoms with Gasteiger partial charge in [-0.25, -0.2) is 0 Å². The molecule has 0 unspecified atom stereocenters. The van der Waals surface area contributed by atoms with Crippen molar-refractivity contribution >= 4 is 11.8 Å². The zero-order chi connectivity index (χ0) is 19.1. The fourth-order valence-corrected chi connectivity index (χ4v) is 1.65. The fourth-order valence-electron chi connectivity index (χ4n) is 1.19. The average Bonchev–Trinajstić information content (AvgIpc) is 2.34. The smallest absolute Gasteiger partial charge is 0.200 e. The van der Waals surface area contributed by atoms with Crippen LogP contribution in [-0.2, 0) is 0 Å². The quantitative estimate of drug-likeness (QED) is 0.516. The molecule has 0 bridgehead atoms. The Labute approximate surface area is 124 Å². The summed E-state index contributed by atoms with van der Waals surface area (Å²) in [4.78, 5) is 0. The molecule has 0 aliphatic carbocycles. The first kappa shape index (κ1) is 22.4. The molecule has 0 spiro atoms. The Bertz CT molecular complexity index is 410. The largest absolute Gasteiger partial charge is 0.460 e. The van der Waals surface area contributed by atoms with Crippen LogP contribution in [0.1, 0.15) is 6.42 Å². The standard InChI is InChI=1S/C9H7F13S/c1-23-3-2-4(10,11)5(12,13)6(14,15)7(16,17)8(18,19)9(20,21)22/h2-3H2,1H3. The van der Waals surface area contributed by atoms with Gasteiger partial charge < -0.3 is 0 Å². The molecule has 14 heteroatoms. The minimum Gasteiger partial charge on any atom is -0.200 e. The summed E-state index contributed by atoms with van der Waals surface area (Å²) in [5, 5.41) is 0. The van der Waals surface area contributed by atoms with Crippen molar-refractivity contribution in [2.24, 2.45) is 0 Å². The minimum absolute atomic E-state index is 0.399. The van der Waals surface area contributed by atoms with E-state index in [0.717, 1.165) is 6.26 Å². The number of halogens is 13. The molecular formula is C9H7F13S. The molecule has 0 saturated heterocycles. The summed E-state index contributed by atoms with van der Waals surface area (Å²) in [5.41, 5.74) is 0. The first-order chi connectivity index (χ1) is 9.81. The molecule has 0 aromatic carbocycles. The maximum Gasteiger partial charge on any atom is 0.460 e. The van der Waals surface area contributed by atoms with Crippen LogP contribution in [0.25, 0.3) is 0 Å².